The Labute approximate surface area is 129 Å². The van der Waals surface area contributed by atoms with E-state index in [1.54, 1.807) is 12.1 Å². The Bertz CT molecular complexity index is 502. The summed E-state index contributed by atoms with van der Waals surface area (Å²) < 4.78 is 19.5. The van der Waals surface area contributed by atoms with Crippen molar-refractivity contribution in [2.45, 2.75) is 31.8 Å². The van der Waals surface area contributed by atoms with Gasteiger partial charge in [-0.3, -0.25) is 4.79 Å². The first kappa shape index (κ1) is 16.0. The molecule has 1 heterocycles. The van der Waals surface area contributed by atoms with Gasteiger partial charge in [0, 0.05) is 18.3 Å². The summed E-state index contributed by atoms with van der Waals surface area (Å²) in [5.41, 5.74) is 0.486. The molecule has 21 heavy (non-hydrogen) atoms. The molecule has 1 saturated heterocycles. The van der Waals surface area contributed by atoms with Crippen molar-refractivity contribution in [3.63, 3.8) is 0 Å². The molecule has 3 rings (SSSR count). The fraction of sp³-hybridized carbons (Fsp3) is 0.533. The van der Waals surface area contributed by atoms with Gasteiger partial charge >= 0.3 is 0 Å². The number of halogens is 2. The number of nitrogens with one attached hydrogen (secondary N) is 2. The molecule has 1 atom stereocenters. The van der Waals surface area contributed by atoms with Crippen LogP contribution < -0.4 is 15.4 Å². The van der Waals surface area contributed by atoms with Crippen LogP contribution in [0.1, 0.15) is 25.7 Å². The third-order valence-corrected chi connectivity index (χ3v) is 3.98. The number of amides is 1. The molecule has 0 radical (unpaired) electrons. The van der Waals surface area contributed by atoms with Gasteiger partial charge in [0.05, 0.1) is 12.0 Å². The zero-order valence-corrected chi connectivity index (χ0v) is 12.5. The maximum atomic E-state index is 13.9. The van der Waals surface area contributed by atoms with Gasteiger partial charge in [-0.2, -0.15) is 0 Å². The Morgan fingerprint density at radius 1 is 1.33 bits per heavy atom. The van der Waals surface area contributed by atoms with Crippen LogP contribution >= 0.6 is 12.4 Å². The second-order valence-corrected chi connectivity index (χ2v) is 5.49. The van der Waals surface area contributed by atoms with Gasteiger partial charge in [0.2, 0.25) is 5.91 Å². The van der Waals surface area contributed by atoms with Crippen LogP contribution in [-0.4, -0.2) is 25.1 Å². The van der Waals surface area contributed by atoms with Crippen molar-refractivity contribution in [3.05, 3.63) is 24.0 Å². The first-order valence-corrected chi connectivity index (χ1v) is 7.20. The summed E-state index contributed by atoms with van der Waals surface area (Å²) in [6.45, 7) is 1.55. The molecule has 1 aromatic rings. The largest absolute Gasteiger partial charge is 0.487 e. The van der Waals surface area contributed by atoms with Crippen LogP contribution in [0.2, 0.25) is 0 Å². The van der Waals surface area contributed by atoms with Gasteiger partial charge in [0.15, 0.2) is 11.6 Å². The molecule has 6 heteroatoms. The molecule has 2 aliphatic rings. The van der Waals surface area contributed by atoms with Gasteiger partial charge in [0.1, 0.15) is 0 Å². The third-order valence-electron chi connectivity index (χ3n) is 3.98. The highest BCUT2D eigenvalue weighted by molar-refractivity contribution is 5.92. The van der Waals surface area contributed by atoms with Crippen molar-refractivity contribution < 1.29 is 13.9 Å². The van der Waals surface area contributed by atoms with Crippen molar-refractivity contribution >= 4 is 24.0 Å². The van der Waals surface area contributed by atoms with Crippen LogP contribution in [0.5, 0.6) is 5.75 Å². The van der Waals surface area contributed by atoms with Crippen LogP contribution in [-0.2, 0) is 4.79 Å². The molecule has 2 N–H and O–H groups in total. The molecular formula is C15H20ClFN2O2. The average Bonchev–Trinajstić information content (AvgIpc) is 2.89. The molecule has 2 fully saturated rings. The predicted molar refractivity (Wildman–Crippen MR) is 81.5 cm³/mol. The van der Waals surface area contributed by atoms with Gasteiger partial charge < -0.3 is 15.4 Å². The summed E-state index contributed by atoms with van der Waals surface area (Å²) in [4.78, 5) is 11.9. The molecule has 1 amide bonds. The van der Waals surface area contributed by atoms with Crippen LogP contribution in [0.3, 0.4) is 0 Å². The first-order valence-electron chi connectivity index (χ1n) is 7.20. The number of hydrogen-bond acceptors (Lipinski definition) is 3. The van der Waals surface area contributed by atoms with E-state index in [0.717, 1.165) is 32.2 Å². The summed E-state index contributed by atoms with van der Waals surface area (Å²) >= 11 is 0. The summed E-state index contributed by atoms with van der Waals surface area (Å²) in [6, 6.07) is 4.61. The van der Waals surface area contributed by atoms with Crippen molar-refractivity contribution in [2.24, 2.45) is 5.92 Å². The third kappa shape index (κ3) is 3.86. The minimum Gasteiger partial charge on any atom is -0.487 e. The van der Waals surface area contributed by atoms with Crippen molar-refractivity contribution in [3.8, 4) is 5.75 Å². The second-order valence-electron chi connectivity index (χ2n) is 5.49. The Balaban J connectivity index is 0.00000161. The van der Waals surface area contributed by atoms with E-state index in [1.165, 1.54) is 6.07 Å². The van der Waals surface area contributed by atoms with Gasteiger partial charge in [-0.25, -0.2) is 4.39 Å². The quantitative estimate of drug-likeness (QED) is 0.898. The smallest absolute Gasteiger partial charge is 0.228 e. The number of carbonyl (C=O) groups is 1. The minimum atomic E-state index is -0.417. The topological polar surface area (TPSA) is 50.4 Å². The normalized spacial score (nSPS) is 21.3. The van der Waals surface area contributed by atoms with Crippen LogP contribution in [0, 0.1) is 11.7 Å². The van der Waals surface area contributed by atoms with E-state index in [0.29, 0.717) is 12.2 Å². The standard InChI is InChI=1S/C15H19FN2O2.ClH/c16-13-8-11(18-15(19)10-6-7-17-9-10)4-5-14(13)20-12-2-1-3-12;/h4-5,8,10,12,17H,1-3,6-7,9H2,(H,18,19);1H. The van der Waals surface area contributed by atoms with Crippen LogP contribution in [0.4, 0.5) is 10.1 Å². The molecule has 4 nitrogen and oxygen atoms in total. The van der Waals surface area contributed by atoms with E-state index < -0.39 is 5.82 Å². The van der Waals surface area contributed by atoms with Crippen LogP contribution in [0.25, 0.3) is 0 Å². The van der Waals surface area contributed by atoms with E-state index in [9.17, 15) is 9.18 Å². The Kier molecular flexibility index (Phi) is 5.42. The van der Waals surface area contributed by atoms with Gasteiger partial charge in [-0.1, -0.05) is 0 Å². The zero-order chi connectivity index (χ0) is 13.9. The van der Waals surface area contributed by atoms with E-state index in [4.69, 9.17) is 4.74 Å². The number of benzene rings is 1. The lowest BCUT2D eigenvalue weighted by Gasteiger charge is -2.26. The lowest BCUT2D eigenvalue weighted by atomic mass is 9.96. The second kappa shape index (κ2) is 7.09. The summed E-state index contributed by atoms with van der Waals surface area (Å²) in [6.07, 6.45) is 4.11. The lowest BCUT2D eigenvalue weighted by Crippen LogP contribution is -2.25. The predicted octanol–water partition coefficient (Wildman–Crippen LogP) is 2.73. The summed E-state index contributed by atoms with van der Waals surface area (Å²) in [5, 5.41) is 5.90. The highest BCUT2D eigenvalue weighted by Crippen LogP contribution is 2.28. The van der Waals surface area contributed by atoms with Crippen molar-refractivity contribution in [1.82, 2.24) is 5.32 Å². The van der Waals surface area contributed by atoms with Crippen molar-refractivity contribution in [2.75, 3.05) is 18.4 Å². The fourth-order valence-corrected chi connectivity index (χ4v) is 2.47. The molecule has 1 aliphatic carbocycles. The molecule has 1 saturated carbocycles. The highest BCUT2D eigenvalue weighted by Gasteiger charge is 2.23. The molecule has 0 spiro atoms. The molecule has 116 valence electrons. The monoisotopic (exact) mass is 314 g/mol. The average molecular weight is 315 g/mol. The number of ether oxygens (including phenoxy) is 1. The maximum absolute atomic E-state index is 13.9. The van der Waals surface area contributed by atoms with E-state index in [-0.39, 0.29) is 36.1 Å². The number of rotatable bonds is 4. The molecule has 0 bridgehead atoms. The zero-order valence-electron chi connectivity index (χ0n) is 11.7. The number of carbonyl (C=O) groups excluding carboxylic acids is 1. The SMILES string of the molecule is Cl.O=C(Nc1ccc(OC2CCC2)c(F)c1)C1CCNC1. The Hall–Kier alpha value is -1.33. The van der Waals surface area contributed by atoms with E-state index in [1.807, 2.05) is 0 Å². The summed E-state index contributed by atoms with van der Waals surface area (Å²) in [7, 11) is 0. The molecule has 0 aromatic heterocycles. The van der Waals surface area contributed by atoms with E-state index in [2.05, 4.69) is 10.6 Å². The minimum absolute atomic E-state index is 0. The van der Waals surface area contributed by atoms with Crippen LogP contribution in [0.15, 0.2) is 18.2 Å². The number of anilines is 1. The Morgan fingerprint density at radius 2 is 2.14 bits per heavy atom. The molecule has 1 aromatic carbocycles. The lowest BCUT2D eigenvalue weighted by molar-refractivity contribution is -0.119. The molecule has 1 aliphatic heterocycles. The molecular weight excluding hydrogens is 295 g/mol. The van der Waals surface area contributed by atoms with Gasteiger partial charge in [-0.15, -0.1) is 12.4 Å². The van der Waals surface area contributed by atoms with Crippen molar-refractivity contribution in [1.29, 1.82) is 0 Å². The molecule has 1 unspecified atom stereocenters. The maximum Gasteiger partial charge on any atom is 0.228 e. The van der Waals surface area contributed by atoms with Gasteiger partial charge in [0.25, 0.3) is 0 Å². The fourth-order valence-electron chi connectivity index (χ4n) is 2.47. The summed E-state index contributed by atoms with van der Waals surface area (Å²) in [5.74, 6) is -0.222. The first-order chi connectivity index (χ1) is 9.72. The van der Waals surface area contributed by atoms with Gasteiger partial charge in [-0.05, 0) is 44.4 Å². The highest BCUT2D eigenvalue weighted by atomic mass is 35.5. The Morgan fingerprint density at radius 3 is 2.71 bits per heavy atom. The van der Waals surface area contributed by atoms with E-state index >= 15 is 0 Å². The number of hydrogen-bond donors (Lipinski definition) is 2.